The molecule has 2 aromatic heterocycles. The molecule has 0 spiro atoms. The van der Waals surface area contributed by atoms with Crippen LogP contribution in [-0.4, -0.2) is 14.6 Å². The van der Waals surface area contributed by atoms with E-state index in [1.54, 1.807) is 0 Å². The molecule has 0 atom stereocenters. The van der Waals surface area contributed by atoms with Crippen molar-refractivity contribution in [1.29, 1.82) is 5.26 Å². The van der Waals surface area contributed by atoms with Gasteiger partial charge >= 0.3 is 0 Å². The molecule has 1 fully saturated rings. The summed E-state index contributed by atoms with van der Waals surface area (Å²) in [5.41, 5.74) is 4.20. The number of nitriles is 1. The Labute approximate surface area is 148 Å². The number of hydrogen-bond acceptors (Lipinski definition) is 3. The Morgan fingerprint density at radius 3 is 2.68 bits per heavy atom. The van der Waals surface area contributed by atoms with Crippen molar-refractivity contribution in [3.8, 4) is 6.07 Å². The van der Waals surface area contributed by atoms with Crippen molar-refractivity contribution in [3.63, 3.8) is 0 Å². The van der Waals surface area contributed by atoms with E-state index in [1.165, 1.54) is 4.52 Å². The maximum Gasteiger partial charge on any atom is 0.277 e. The molecule has 1 N–H and O–H groups in total. The lowest BCUT2D eigenvalue weighted by molar-refractivity contribution is 0.755. The van der Waals surface area contributed by atoms with Crippen LogP contribution in [0.4, 0.5) is 0 Å². The number of nitrogens with one attached hydrogen (secondary N) is 1. The maximum absolute atomic E-state index is 12.8. The number of aryl methyl sites for hydroxylation is 1. The third-order valence-electron chi connectivity index (χ3n) is 5.53. The van der Waals surface area contributed by atoms with Crippen LogP contribution in [0.15, 0.2) is 29.1 Å². The second-order valence-electron chi connectivity index (χ2n) is 6.93. The summed E-state index contributed by atoms with van der Waals surface area (Å²) in [7, 11) is 0. The molecule has 0 radical (unpaired) electrons. The Kier molecular flexibility index (Phi) is 2.93. The fourth-order valence-corrected chi connectivity index (χ4v) is 4.19. The standard InChI is InChI=1S/C19H15ClN4O/c20-12-6-4-11(5-7-12)19(8-9-19)16-14(10-21)17-22-15-3-1-2-13(15)18(25)24(17)23-16/h4-7,22H,1-3,8-9H2. The third-order valence-corrected chi connectivity index (χ3v) is 5.79. The zero-order chi connectivity index (χ0) is 17.2. The summed E-state index contributed by atoms with van der Waals surface area (Å²) in [6.07, 6.45) is 4.44. The van der Waals surface area contributed by atoms with Gasteiger partial charge in [-0.25, -0.2) is 0 Å². The van der Waals surface area contributed by atoms with Crippen molar-refractivity contribution < 1.29 is 0 Å². The quantitative estimate of drug-likeness (QED) is 0.771. The lowest BCUT2D eigenvalue weighted by Gasteiger charge is -2.13. The minimum absolute atomic E-state index is 0.0871. The van der Waals surface area contributed by atoms with Crippen LogP contribution >= 0.6 is 11.6 Å². The molecule has 2 heterocycles. The first-order valence-electron chi connectivity index (χ1n) is 8.47. The Bertz CT molecular complexity index is 1110. The molecule has 2 aliphatic carbocycles. The van der Waals surface area contributed by atoms with E-state index in [4.69, 9.17) is 11.6 Å². The fraction of sp³-hybridized carbons (Fsp3) is 0.316. The van der Waals surface area contributed by atoms with Gasteiger partial charge in [0.25, 0.3) is 5.56 Å². The van der Waals surface area contributed by atoms with Gasteiger partial charge in [0.2, 0.25) is 0 Å². The van der Waals surface area contributed by atoms with Crippen LogP contribution < -0.4 is 5.56 Å². The van der Waals surface area contributed by atoms with Crippen LogP contribution in [0.25, 0.3) is 5.65 Å². The van der Waals surface area contributed by atoms with Gasteiger partial charge in [-0.15, -0.1) is 0 Å². The Hall–Kier alpha value is -2.58. The van der Waals surface area contributed by atoms with Crippen molar-refractivity contribution in [2.75, 3.05) is 0 Å². The van der Waals surface area contributed by atoms with E-state index >= 15 is 0 Å². The second kappa shape index (κ2) is 4.96. The van der Waals surface area contributed by atoms with Crippen LogP contribution in [0.3, 0.4) is 0 Å². The summed E-state index contributed by atoms with van der Waals surface area (Å²) in [6, 6.07) is 9.98. The van der Waals surface area contributed by atoms with Gasteiger partial charge in [-0.1, -0.05) is 23.7 Å². The molecule has 25 heavy (non-hydrogen) atoms. The highest BCUT2D eigenvalue weighted by molar-refractivity contribution is 6.30. The zero-order valence-electron chi connectivity index (χ0n) is 13.5. The van der Waals surface area contributed by atoms with Crippen LogP contribution in [0.1, 0.15) is 47.3 Å². The third kappa shape index (κ3) is 1.95. The van der Waals surface area contributed by atoms with Gasteiger partial charge in [0.05, 0.1) is 5.69 Å². The number of rotatable bonds is 2. The van der Waals surface area contributed by atoms with Crippen LogP contribution in [0.2, 0.25) is 5.02 Å². The monoisotopic (exact) mass is 350 g/mol. The van der Waals surface area contributed by atoms with Crippen molar-refractivity contribution in [3.05, 3.63) is 67.7 Å². The molecule has 2 aliphatic rings. The first kappa shape index (κ1) is 14.7. The minimum atomic E-state index is -0.285. The largest absolute Gasteiger partial charge is 0.342 e. The summed E-state index contributed by atoms with van der Waals surface area (Å²) in [6.45, 7) is 0. The molecule has 1 saturated carbocycles. The van der Waals surface area contributed by atoms with E-state index in [1.807, 2.05) is 24.3 Å². The van der Waals surface area contributed by atoms with Crippen molar-refractivity contribution in [2.24, 2.45) is 0 Å². The first-order chi connectivity index (χ1) is 12.1. The van der Waals surface area contributed by atoms with Gasteiger partial charge in [-0.05, 0) is 49.8 Å². The molecular weight excluding hydrogens is 336 g/mol. The average Bonchev–Trinajstić information content (AvgIpc) is 3.12. The average molecular weight is 351 g/mol. The zero-order valence-corrected chi connectivity index (χ0v) is 14.2. The molecule has 1 aromatic carbocycles. The van der Waals surface area contributed by atoms with E-state index in [9.17, 15) is 10.1 Å². The lowest BCUT2D eigenvalue weighted by Crippen LogP contribution is -2.20. The molecule has 0 aliphatic heterocycles. The van der Waals surface area contributed by atoms with Gasteiger partial charge in [0.1, 0.15) is 11.6 Å². The minimum Gasteiger partial charge on any atom is -0.342 e. The van der Waals surface area contributed by atoms with E-state index in [2.05, 4.69) is 16.2 Å². The highest BCUT2D eigenvalue weighted by Crippen LogP contribution is 2.54. The highest BCUT2D eigenvalue weighted by atomic mass is 35.5. The summed E-state index contributed by atoms with van der Waals surface area (Å²) < 4.78 is 1.40. The van der Waals surface area contributed by atoms with Gasteiger partial charge < -0.3 is 4.98 Å². The van der Waals surface area contributed by atoms with Gasteiger partial charge in [-0.3, -0.25) is 4.79 Å². The number of hydrogen-bond donors (Lipinski definition) is 1. The van der Waals surface area contributed by atoms with Gasteiger partial charge in [-0.2, -0.15) is 14.9 Å². The molecule has 0 saturated heterocycles. The Morgan fingerprint density at radius 2 is 2.00 bits per heavy atom. The number of aromatic amines is 1. The normalized spacial score (nSPS) is 17.4. The SMILES string of the molecule is N#Cc1c(C2(c3ccc(Cl)cc3)CC2)nn2c(=O)c3c([nH]c12)CCC3. The summed E-state index contributed by atoms with van der Waals surface area (Å²) in [5.74, 6) is 0. The number of halogens is 1. The lowest BCUT2D eigenvalue weighted by atomic mass is 9.90. The van der Waals surface area contributed by atoms with Crippen molar-refractivity contribution in [1.82, 2.24) is 14.6 Å². The molecule has 0 bridgehead atoms. The topological polar surface area (TPSA) is 74.0 Å². The summed E-state index contributed by atoms with van der Waals surface area (Å²) >= 11 is 6.01. The van der Waals surface area contributed by atoms with E-state index < -0.39 is 0 Å². The van der Waals surface area contributed by atoms with Crippen molar-refractivity contribution >= 4 is 17.2 Å². The summed E-state index contributed by atoms with van der Waals surface area (Å²) in [4.78, 5) is 16.1. The van der Waals surface area contributed by atoms with E-state index in [0.29, 0.717) is 21.9 Å². The number of fused-ring (bicyclic) bond motifs is 2. The van der Waals surface area contributed by atoms with E-state index in [0.717, 1.165) is 48.9 Å². The fourth-order valence-electron chi connectivity index (χ4n) is 4.07. The molecular formula is C19H15ClN4O. The Morgan fingerprint density at radius 1 is 1.24 bits per heavy atom. The van der Waals surface area contributed by atoms with Crippen LogP contribution in [0, 0.1) is 11.3 Å². The molecule has 5 rings (SSSR count). The predicted octanol–water partition coefficient (Wildman–Crippen LogP) is 3.12. The van der Waals surface area contributed by atoms with E-state index in [-0.39, 0.29) is 11.0 Å². The smallest absolute Gasteiger partial charge is 0.277 e. The van der Waals surface area contributed by atoms with Crippen LogP contribution in [-0.2, 0) is 18.3 Å². The van der Waals surface area contributed by atoms with Gasteiger partial charge in [0.15, 0.2) is 5.65 Å². The Balaban J connectivity index is 1.78. The predicted molar refractivity (Wildman–Crippen MR) is 94.0 cm³/mol. The van der Waals surface area contributed by atoms with Gasteiger partial charge in [0, 0.05) is 21.7 Å². The highest BCUT2D eigenvalue weighted by Gasteiger charge is 2.50. The molecule has 6 heteroatoms. The number of aromatic nitrogens is 3. The van der Waals surface area contributed by atoms with Crippen molar-refractivity contribution in [2.45, 2.75) is 37.5 Å². The number of H-pyrrole nitrogens is 1. The van der Waals surface area contributed by atoms with Crippen LogP contribution in [0.5, 0.6) is 0 Å². The molecule has 0 unspecified atom stereocenters. The molecule has 5 nitrogen and oxygen atoms in total. The molecule has 3 aromatic rings. The molecule has 0 amide bonds. The number of benzene rings is 1. The summed E-state index contributed by atoms with van der Waals surface area (Å²) in [5, 5.41) is 15.1. The number of nitrogens with zero attached hydrogens (tertiary/aromatic N) is 3. The second-order valence-corrected chi connectivity index (χ2v) is 7.36. The molecule has 124 valence electrons. The first-order valence-corrected chi connectivity index (χ1v) is 8.85. The maximum atomic E-state index is 12.8.